The number of hydrogen-bond donors (Lipinski definition) is 0. The van der Waals surface area contributed by atoms with Crippen LogP contribution < -0.4 is 0 Å². The van der Waals surface area contributed by atoms with Crippen LogP contribution >= 0.6 is 0 Å². The summed E-state index contributed by atoms with van der Waals surface area (Å²) in [6, 6.07) is 16.3. The van der Waals surface area contributed by atoms with E-state index >= 15 is 0 Å². The number of carbonyl (C=O) groups is 1. The van der Waals surface area contributed by atoms with Gasteiger partial charge in [-0.1, -0.05) is 45.0 Å². The Labute approximate surface area is 151 Å². The Balaban J connectivity index is 2.06. The quantitative estimate of drug-likeness (QED) is 0.542. The summed E-state index contributed by atoms with van der Waals surface area (Å²) in [6.45, 7) is 11.7. The predicted octanol–water partition coefficient (Wildman–Crippen LogP) is 5.31. The van der Waals surface area contributed by atoms with Gasteiger partial charge in [0, 0.05) is 11.1 Å². The second-order valence-electron chi connectivity index (χ2n) is 7.76. The van der Waals surface area contributed by atoms with Crippen LogP contribution in [-0.4, -0.2) is 14.1 Å². The molecule has 0 unspecified atom stereocenters. The van der Waals surface area contributed by atoms with Crippen LogP contribution in [0.5, 0.6) is 0 Å². The van der Waals surface area contributed by atoms with Crippen molar-refractivity contribution in [3.8, 4) is 6.07 Å². The van der Waals surface area contributed by atoms with Crippen LogP contribution in [0, 0.1) is 11.3 Å². The van der Waals surface area contributed by atoms with E-state index in [1.54, 1.807) is 24.3 Å². The molecule has 2 aromatic rings. The van der Waals surface area contributed by atoms with Gasteiger partial charge < -0.3 is 4.43 Å². The van der Waals surface area contributed by atoms with Crippen LogP contribution in [0.15, 0.2) is 48.5 Å². The van der Waals surface area contributed by atoms with Crippen molar-refractivity contribution in [2.45, 2.75) is 45.5 Å². The molecule has 0 heterocycles. The molecule has 0 atom stereocenters. The normalized spacial score (nSPS) is 11.8. The summed E-state index contributed by atoms with van der Waals surface area (Å²) in [5.41, 5.74) is 2.85. The Bertz CT molecular complexity index is 779. The number of benzene rings is 2. The average Bonchev–Trinajstić information content (AvgIpc) is 2.59. The fourth-order valence-corrected chi connectivity index (χ4v) is 3.06. The fraction of sp³-hybridized carbons (Fsp3) is 0.333. The van der Waals surface area contributed by atoms with Crippen molar-refractivity contribution in [1.82, 2.24) is 0 Å². The van der Waals surface area contributed by atoms with Crippen LogP contribution in [0.2, 0.25) is 18.1 Å². The molecule has 0 aliphatic rings. The molecule has 0 aromatic heterocycles. The summed E-state index contributed by atoms with van der Waals surface area (Å²) in [5.74, 6) is -0.0404. The highest BCUT2D eigenvalue weighted by Gasteiger charge is 2.36. The highest BCUT2D eigenvalue weighted by atomic mass is 28.4. The second kappa shape index (κ2) is 7.34. The zero-order chi connectivity index (χ0) is 18.7. The molecule has 0 saturated carbocycles. The van der Waals surface area contributed by atoms with Crippen LogP contribution in [0.3, 0.4) is 0 Å². The van der Waals surface area contributed by atoms with Crippen molar-refractivity contribution >= 4 is 14.1 Å². The fourth-order valence-electron chi connectivity index (χ4n) is 2.10. The summed E-state index contributed by atoms with van der Waals surface area (Å²) >= 11 is 0. The number of hydrogen-bond acceptors (Lipinski definition) is 3. The third-order valence-corrected chi connectivity index (χ3v) is 9.38. The van der Waals surface area contributed by atoms with Gasteiger partial charge in [-0.3, -0.25) is 4.79 Å². The molecule has 0 radical (unpaired) electrons. The molecule has 25 heavy (non-hydrogen) atoms. The van der Waals surface area contributed by atoms with Crippen LogP contribution in [0.25, 0.3) is 0 Å². The van der Waals surface area contributed by atoms with Gasteiger partial charge in [0.2, 0.25) is 0 Å². The van der Waals surface area contributed by atoms with E-state index in [0.717, 1.165) is 5.56 Å². The molecule has 0 amide bonds. The van der Waals surface area contributed by atoms with Crippen molar-refractivity contribution in [2.24, 2.45) is 0 Å². The lowest BCUT2D eigenvalue weighted by molar-refractivity contribution is 0.103. The van der Waals surface area contributed by atoms with Crippen LogP contribution in [0.4, 0.5) is 0 Å². The minimum Gasteiger partial charge on any atom is -0.413 e. The first-order valence-electron chi connectivity index (χ1n) is 8.42. The number of carbonyl (C=O) groups excluding carboxylic acids is 1. The molecule has 0 aliphatic carbocycles. The van der Waals surface area contributed by atoms with Gasteiger partial charge in [0.25, 0.3) is 0 Å². The molecule has 0 saturated heterocycles. The Morgan fingerprint density at radius 1 is 1.00 bits per heavy atom. The molecular formula is C21H25NO2Si. The van der Waals surface area contributed by atoms with E-state index in [1.807, 2.05) is 24.3 Å². The smallest absolute Gasteiger partial charge is 0.193 e. The Morgan fingerprint density at radius 2 is 1.48 bits per heavy atom. The van der Waals surface area contributed by atoms with E-state index in [-0.39, 0.29) is 10.8 Å². The first-order chi connectivity index (χ1) is 11.6. The van der Waals surface area contributed by atoms with Crippen molar-refractivity contribution in [3.63, 3.8) is 0 Å². The monoisotopic (exact) mass is 351 g/mol. The number of rotatable bonds is 5. The second-order valence-corrected chi connectivity index (χ2v) is 12.6. The number of nitrogens with zero attached hydrogens (tertiary/aromatic N) is 1. The summed E-state index contributed by atoms with van der Waals surface area (Å²) < 4.78 is 6.21. The largest absolute Gasteiger partial charge is 0.413 e. The number of ketones is 1. The molecule has 0 spiro atoms. The third kappa shape index (κ3) is 4.65. The molecule has 0 aliphatic heterocycles. The zero-order valence-electron chi connectivity index (χ0n) is 15.6. The minimum absolute atomic E-state index is 0.0404. The summed E-state index contributed by atoms with van der Waals surface area (Å²) in [7, 11) is -1.78. The SMILES string of the molecule is CC(C)(C)[Si](C)(C)OCc1ccc(C(=O)c2ccc(C#N)cc2)cc1. The van der Waals surface area contributed by atoms with E-state index < -0.39 is 8.32 Å². The lowest BCUT2D eigenvalue weighted by atomic mass is 10.0. The van der Waals surface area contributed by atoms with Gasteiger partial charge in [0.15, 0.2) is 14.1 Å². The maximum absolute atomic E-state index is 12.5. The zero-order valence-corrected chi connectivity index (χ0v) is 16.6. The Hall–Kier alpha value is -2.22. The van der Waals surface area contributed by atoms with E-state index in [2.05, 4.69) is 39.9 Å². The lowest BCUT2D eigenvalue weighted by Gasteiger charge is -2.36. The van der Waals surface area contributed by atoms with Crippen molar-refractivity contribution in [1.29, 1.82) is 5.26 Å². The molecule has 2 rings (SSSR count). The van der Waals surface area contributed by atoms with Crippen molar-refractivity contribution in [3.05, 3.63) is 70.8 Å². The topological polar surface area (TPSA) is 50.1 Å². The predicted molar refractivity (Wildman–Crippen MR) is 103 cm³/mol. The average molecular weight is 352 g/mol. The molecular weight excluding hydrogens is 326 g/mol. The van der Waals surface area contributed by atoms with Gasteiger partial charge in [0.05, 0.1) is 18.2 Å². The number of nitriles is 1. The van der Waals surface area contributed by atoms with Gasteiger partial charge in [-0.15, -0.1) is 0 Å². The van der Waals surface area contributed by atoms with Crippen molar-refractivity contribution < 1.29 is 9.22 Å². The van der Waals surface area contributed by atoms with Crippen LogP contribution in [-0.2, 0) is 11.0 Å². The van der Waals surface area contributed by atoms with Crippen molar-refractivity contribution in [2.75, 3.05) is 0 Å². The maximum Gasteiger partial charge on any atom is 0.193 e. The molecule has 3 nitrogen and oxygen atoms in total. The Kier molecular flexibility index (Phi) is 5.61. The molecule has 2 aromatic carbocycles. The summed E-state index contributed by atoms with van der Waals surface area (Å²) in [4.78, 5) is 12.5. The van der Waals surface area contributed by atoms with Gasteiger partial charge in [-0.25, -0.2) is 0 Å². The molecule has 0 bridgehead atoms. The molecule has 0 N–H and O–H groups in total. The van der Waals surface area contributed by atoms with E-state index in [0.29, 0.717) is 23.3 Å². The van der Waals surface area contributed by atoms with E-state index in [4.69, 9.17) is 9.69 Å². The lowest BCUT2D eigenvalue weighted by Crippen LogP contribution is -2.40. The molecule has 0 fully saturated rings. The minimum atomic E-state index is -1.78. The van der Waals surface area contributed by atoms with Crippen LogP contribution in [0.1, 0.15) is 47.8 Å². The first-order valence-corrected chi connectivity index (χ1v) is 11.3. The summed E-state index contributed by atoms with van der Waals surface area (Å²) in [5, 5.41) is 9.01. The van der Waals surface area contributed by atoms with E-state index in [9.17, 15) is 4.79 Å². The maximum atomic E-state index is 12.5. The standard InChI is InChI=1S/C21H25NO2Si/c1-21(2,3)25(4,5)24-15-17-8-12-19(13-9-17)20(23)18-10-6-16(14-22)7-11-18/h6-13H,15H2,1-5H3. The van der Waals surface area contributed by atoms with Gasteiger partial charge in [-0.05, 0) is 48.0 Å². The Morgan fingerprint density at radius 3 is 1.92 bits per heavy atom. The summed E-state index contributed by atoms with van der Waals surface area (Å²) in [6.07, 6.45) is 0. The molecule has 4 heteroatoms. The highest BCUT2D eigenvalue weighted by molar-refractivity contribution is 6.74. The van der Waals surface area contributed by atoms with E-state index in [1.165, 1.54) is 0 Å². The highest BCUT2D eigenvalue weighted by Crippen LogP contribution is 2.37. The third-order valence-electron chi connectivity index (χ3n) is 4.90. The van der Waals surface area contributed by atoms with Gasteiger partial charge in [-0.2, -0.15) is 5.26 Å². The van der Waals surface area contributed by atoms with Gasteiger partial charge in [0.1, 0.15) is 0 Å². The van der Waals surface area contributed by atoms with Gasteiger partial charge >= 0.3 is 0 Å². The first kappa shape index (κ1) is 19.1. The molecule has 130 valence electrons.